The third-order valence-electron chi connectivity index (χ3n) is 3.25. The van der Waals surface area contributed by atoms with Gasteiger partial charge in [-0.2, -0.15) is 4.31 Å². The van der Waals surface area contributed by atoms with Crippen molar-refractivity contribution in [3.63, 3.8) is 0 Å². The summed E-state index contributed by atoms with van der Waals surface area (Å²) < 4.78 is 26.4. The lowest BCUT2D eigenvalue weighted by molar-refractivity contribution is 0.403. The first-order chi connectivity index (χ1) is 8.45. The standard InChI is InChI=1S/C12H17ClN2O2S/c1-9-5-10(2)15(8-9)18(16,17)12-4-3-11(6-13)7-14-12/h3-4,7,9-10H,5-6,8H2,1-2H3. The highest BCUT2D eigenvalue weighted by Crippen LogP contribution is 2.28. The van der Waals surface area contributed by atoms with Crippen LogP contribution in [0, 0.1) is 5.92 Å². The molecule has 1 aliphatic heterocycles. The Hall–Kier alpha value is -0.650. The van der Waals surface area contributed by atoms with Gasteiger partial charge in [0, 0.05) is 24.7 Å². The highest BCUT2D eigenvalue weighted by atomic mass is 35.5. The van der Waals surface area contributed by atoms with Crippen molar-refractivity contribution >= 4 is 21.6 Å². The summed E-state index contributed by atoms with van der Waals surface area (Å²) >= 11 is 5.66. The van der Waals surface area contributed by atoms with Gasteiger partial charge in [-0.05, 0) is 30.9 Å². The quantitative estimate of drug-likeness (QED) is 0.802. The molecule has 0 aliphatic carbocycles. The van der Waals surface area contributed by atoms with Gasteiger partial charge in [0.25, 0.3) is 10.0 Å². The van der Waals surface area contributed by atoms with Crippen molar-refractivity contribution in [3.8, 4) is 0 Å². The Morgan fingerprint density at radius 1 is 1.44 bits per heavy atom. The molecule has 1 fully saturated rings. The summed E-state index contributed by atoms with van der Waals surface area (Å²) in [5.74, 6) is 0.738. The van der Waals surface area contributed by atoms with Crippen LogP contribution in [-0.4, -0.2) is 30.3 Å². The first-order valence-corrected chi connectivity index (χ1v) is 7.95. The summed E-state index contributed by atoms with van der Waals surface area (Å²) in [5.41, 5.74) is 0.818. The Bertz CT molecular complexity index is 515. The highest BCUT2D eigenvalue weighted by Gasteiger charge is 2.36. The minimum absolute atomic E-state index is 0.0412. The molecule has 100 valence electrons. The van der Waals surface area contributed by atoms with Crippen molar-refractivity contribution < 1.29 is 8.42 Å². The number of hydrogen-bond donors (Lipinski definition) is 0. The van der Waals surface area contributed by atoms with Crippen LogP contribution in [0.15, 0.2) is 23.4 Å². The van der Waals surface area contributed by atoms with E-state index in [1.807, 2.05) is 6.92 Å². The van der Waals surface area contributed by atoms with Crippen LogP contribution in [0.1, 0.15) is 25.8 Å². The molecule has 1 aliphatic rings. The van der Waals surface area contributed by atoms with Gasteiger partial charge in [0.05, 0.1) is 0 Å². The lowest BCUT2D eigenvalue weighted by Gasteiger charge is -2.20. The fourth-order valence-electron chi connectivity index (χ4n) is 2.36. The van der Waals surface area contributed by atoms with E-state index in [4.69, 9.17) is 11.6 Å². The van der Waals surface area contributed by atoms with Gasteiger partial charge in [-0.3, -0.25) is 0 Å². The maximum atomic E-state index is 12.4. The molecule has 4 nitrogen and oxygen atoms in total. The number of halogens is 1. The average molecular weight is 289 g/mol. The van der Waals surface area contributed by atoms with E-state index >= 15 is 0 Å². The SMILES string of the molecule is CC1CC(C)N(S(=O)(=O)c2ccc(CCl)cn2)C1. The van der Waals surface area contributed by atoms with Crippen LogP contribution in [0.4, 0.5) is 0 Å². The molecular formula is C12H17ClN2O2S. The molecule has 1 aromatic rings. The Balaban J connectivity index is 2.30. The zero-order valence-electron chi connectivity index (χ0n) is 10.5. The minimum atomic E-state index is -3.47. The molecule has 0 spiro atoms. The smallest absolute Gasteiger partial charge is 0.243 e. The lowest BCUT2D eigenvalue weighted by atomic mass is 10.1. The maximum Gasteiger partial charge on any atom is 0.260 e. The topological polar surface area (TPSA) is 50.3 Å². The summed E-state index contributed by atoms with van der Waals surface area (Å²) in [6.45, 7) is 4.58. The Morgan fingerprint density at radius 3 is 2.61 bits per heavy atom. The van der Waals surface area contributed by atoms with Crippen LogP contribution >= 0.6 is 11.6 Å². The van der Waals surface area contributed by atoms with Gasteiger partial charge in [0.1, 0.15) is 0 Å². The largest absolute Gasteiger partial charge is 0.260 e. The molecule has 1 saturated heterocycles. The molecular weight excluding hydrogens is 272 g/mol. The molecule has 0 radical (unpaired) electrons. The predicted octanol–water partition coefficient (Wildman–Crippen LogP) is 2.24. The zero-order valence-corrected chi connectivity index (χ0v) is 12.1. The van der Waals surface area contributed by atoms with Crippen molar-refractivity contribution in [3.05, 3.63) is 23.9 Å². The normalized spacial score (nSPS) is 25.5. The number of rotatable bonds is 3. The zero-order chi connectivity index (χ0) is 13.3. The Kier molecular flexibility index (Phi) is 3.94. The predicted molar refractivity (Wildman–Crippen MR) is 70.9 cm³/mol. The Morgan fingerprint density at radius 2 is 2.17 bits per heavy atom. The van der Waals surface area contributed by atoms with Crippen LogP contribution < -0.4 is 0 Å². The number of nitrogens with zero attached hydrogens (tertiary/aromatic N) is 2. The number of hydrogen-bond acceptors (Lipinski definition) is 3. The van der Waals surface area contributed by atoms with Crippen LogP contribution in [0.5, 0.6) is 0 Å². The van der Waals surface area contributed by atoms with E-state index in [2.05, 4.69) is 11.9 Å². The summed E-state index contributed by atoms with van der Waals surface area (Å²) in [7, 11) is -3.47. The van der Waals surface area contributed by atoms with E-state index < -0.39 is 10.0 Å². The number of sulfonamides is 1. The summed E-state index contributed by atoms with van der Waals surface area (Å²) in [6, 6.07) is 3.28. The van der Waals surface area contributed by atoms with E-state index in [0.29, 0.717) is 18.3 Å². The van der Waals surface area contributed by atoms with Crippen LogP contribution in [0.25, 0.3) is 0 Å². The van der Waals surface area contributed by atoms with Crippen molar-refractivity contribution in [1.82, 2.24) is 9.29 Å². The first kappa shape index (κ1) is 13.8. The van der Waals surface area contributed by atoms with Crippen molar-refractivity contribution in [1.29, 1.82) is 0 Å². The van der Waals surface area contributed by atoms with E-state index in [9.17, 15) is 8.42 Å². The van der Waals surface area contributed by atoms with E-state index in [1.54, 1.807) is 10.4 Å². The van der Waals surface area contributed by atoms with Gasteiger partial charge in [-0.25, -0.2) is 13.4 Å². The maximum absolute atomic E-state index is 12.4. The molecule has 1 aromatic heterocycles. The van der Waals surface area contributed by atoms with Crippen molar-refractivity contribution in [2.45, 2.75) is 37.2 Å². The third kappa shape index (κ3) is 2.53. The highest BCUT2D eigenvalue weighted by molar-refractivity contribution is 7.89. The molecule has 18 heavy (non-hydrogen) atoms. The van der Waals surface area contributed by atoms with E-state index in [-0.39, 0.29) is 11.1 Å². The van der Waals surface area contributed by atoms with Crippen molar-refractivity contribution in [2.75, 3.05) is 6.54 Å². The van der Waals surface area contributed by atoms with E-state index in [1.165, 1.54) is 12.3 Å². The monoisotopic (exact) mass is 288 g/mol. The second kappa shape index (κ2) is 5.15. The molecule has 6 heteroatoms. The van der Waals surface area contributed by atoms with Crippen LogP contribution in [-0.2, 0) is 15.9 Å². The average Bonchev–Trinajstić information content (AvgIpc) is 2.69. The van der Waals surface area contributed by atoms with Gasteiger partial charge in [0.15, 0.2) is 5.03 Å². The van der Waals surface area contributed by atoms with Gasteiger partial charge in [-0.15, -0.1) is 11.6 Å². The second-order valence-electron chi connectivity index (χ2n) is 4.90. The molecule has 0 saturated carbocycles. The summed E-state index contributed by atoms with van der Waals surface area (Å²) in [4.78, 5) is 4.01. The van der Waals surface area contributed by atoms with E-state index in [0.717, 1.165) is 12.0 Å². The Labute approximate surface area is 113 Å². The molecule has 2 unspecified atom stereocenters. The van der Waals surface area contributed by atoms with Gasteiger partial charge in [0.2, 0.25) is 0 Å². The third-order valence-corrected chi connectivity index (χ3v) is 5.46. The summed E-state index contributed by atoms with van der Waals surface area (Å²) in [6.07, 6.45) is 2.42. The van der Waals surface area contributed by atoms with Crippen molar-refractivity contribution in [2.24, 2.45) is 5.92 Å². The molecule has 2 heterocycles. The summed E-state index contributed by atoms with van der Waals surface area (Å²) in [5, 5.41) is 0.109. The fourth-order valence-corrected chi connectivity index (χ4v) is 4.19. The number of pyridine rings is 1. The molecule has 0 aromatic carbocycles. The molecule has 2 atom stereocenters. The van der Waals surface area contributed by atoms with Gasteiger partial charge < -0.3 is 0 Å². The number of aromatic nitrogens is 1. The fraction of sp³-hybridized carbons (Fsp3) is 0.583. The molecule has 0 bridgehead atoms. The van der Waals surface area contributed by atoms with Gasteiger partial charge in [-0.1, -0.05) is 13.0 Å². The van der Waals surface area contributed by atoms with Crippen LogP contribution in [0.3, 0.4) is 0 Å². The second-order valence-corrected chi connectivity index (χ2v) is 7.01. The molecule has 2 rings (SSSR count). The lowest BCUT2D eigenvalue weighted by Crippen LogP contribution is -2.34. The molecule has 0 amide bonds. The first-order valence-electron chi connectivity index (χ1n) is 5.98. The van der Waals surface area contributed by atoms with Gasteiger partial charge >= 0.3 is 0 Å². The van der Waals surface area contributed by atoms with Crippen LogP contribution in [0.2, 0.25) is 0 Å². The number of alkyl halides is 1. The minimum Gasteiger partial charge on any atom is -0.243 e. The molecule has 0 N–H and O–H groups in total.